The average Bonchev–Trinajstić information content (AvgIpc) is 3.44. The third-order valence-electron chi connectivity index (χ3n) is 8.15. The molecule has 0 bridgehead atoms. The minimum absolute atomic E-state index is 0.0276. The van der Waals surface area contributed by atoms with Crippen LogP contribution in [-0.4, -0.2) is 115 Å². The summed E-state index contributed by atoms with van der Waals surface area (Å²) in [4.78, 5) is 77.3. The summed E-state index contributed by atoms with van der Waals surface area (Å²) in [6.45, 7) is 11.7. The van der Waals surface area contributed by atoms with Crippen LogP contribution in [0.5, 0.6) is 0 Å². The third kappa shape index (κ3) is 8.56. The molecule has 1 fully saturated rings. The van der Waals surface area contributed by atoms with Crippen LogP contribution in [0.3, 0.4) is 0 Å². The summed E-state index contributed by atoms with van der Waals surface area (Å²) in [5.41, 5.74) is 0.563. The number of hydroxylamine groups is 2. The number of carbonyl (C=O) groups excluding carboxylic acids is 5. The summed E-state index contributed by atoms with van der Waals surface area (Å²) in [7, 11) is 8.08. The summed E-state index contributed by atoms with van der Waals surface area (Å²) >= 11 is 0. The van der Waals surface area contributed by atoms with Crippen molar-refractivity contribution < 1.29 is 28.8 Å². The first-order valence-electron chi connectivity index (χ1n) is 15.3. The smallest absolute Gasteiger partial charge is 0.279 e. The lowest BCUT2D eigenvalue weighted by molar-refractivity contribution is -0.150. The Labute approximate surface area is 262 Å². The Hall–Kier alpha value is -3.51. The fourth-order valence-corrected chi connectivity index (χ4v) is 5.86. The van der Waals surface area contributed by atoms with Crippen molar-refractivity contribution in [3.8, 4) is 0 Å². The van der Waals surface area contributed by atoms with Gasteiger partial charge in [0.1, 0.15) is 18.1 Å². The van der Waals surface area contributed by atoms with E-state index in [1.807, 2.05) is 60.5 Å². The zero-order valence-corrected chi connectivity index (χ0v) is 28.2. The number of carbonyl (C=O) groups is 5. The molecule has 1 aliphatic rings. The highest BCUT2D eigenvalue weighted by Crippen LogP contribution is 2.26. The Bertz CT molecular complexity index is 1180. The van der Waals surface area contributed by atoms with E-state index in [0.717, 1.165) is 5.06 Å². The highest BCUT2D eigenvalue weighted by molar-refractivity contribution is 6.05. The number of likely N-dealkylation sites (N-methyl/N-ethyl adjacent to an activating group) is 2. The molecule has 44 heavy (non-hydrogen) atoms. The van der Waals surface area contributed by atoms with Gasteiger partial charge in [0.25, 0.3) is 5.91 Å². The fraction of sp³-hybridized carbons (Fsp3) is 0.656. The van der Waals surface area contributed by atoms with E-state index in [-0.39, 0.29) is 41.0 Å². The molecule has 0 unspecified atom stereocenters. The highest BCUT2D eigenvalue weighted by atomic mass is 16.7. The molecule has 12 nitrogen and oxygen atoms in total. The van der Waals surface area contributed by atoms with Gasteiger partial charge in [0, 0.05) is 20.6 Å². The maximum absolute atomic E-state index is 14.1. The predicted molar refractivity (Wildman–Crippen MR) is 169 cm³/mol. The standard InChI is InChI=1S/C32H52N6O6/c1-19(2)25(34-29(40)26(20(3)4)35(7)8)31(42)36(9)27(21(5)6)32(43)38-18-14-17-24(38)28(39)33-23-16-13-12-15-22(23)30(41)37(10)44-11/h12-13,15-16,19-21,24-27H,14,17-18H2,1-11H3,(H,33,39)(H,34,40)/t24-,25-,26-,27-/m0/s1. The number of rotatable bonds is 13. The molecule has 0 aliphatic carbocycles. The summed E-state index contributed by atoms with van der Waals surface area (Å²) in [6.07, 6.45) is 1.06. The molecule has 2 rings (SSSR count). The number of nitrogens with zero attached hydrogens (tertiary/aromatic N) is 4. The second-order valence-electron chi connectivity index (χ2n) is 12.7. The lowest BCUT2D eigenvalue weighted by Crippen LogP contribution is -2.60. The second-order valence-corrected chi connectivity index (χ2v) is 12.7. The number of hydrogen-bond donors (Lipinski definition) is 2. The van der Waals surface area contributed by atoms with Crippen LogP contribution < -0.4 is 10.6 Å². The van der Waals surface area contributed by atoms with E-state index in [0.29, 0.717) is 25.1 Å². The molecule has 0 aromatic heterocycles. The summed E-state index contributed by atoms with van der Waals surface area (Å²) in [5.74, 6) is -2.25. The minimum atomic E-state index is -0.854. The van der Waals surface area contributed by atoms with Crippen LogP contribution in [0.1, 0.15) is 64.7 Å². The fourth-order valence-electron chi connectivity index (χ4n) is 5.86. The first-order chi connectivity index (χ1) is 20.5. The van der Waals surface area contributed by atoms with Crippen molar-refractivity contribution in [2.75, 3.05) is 47.2 Å². The van der Waals surface area contributed by atoms with Crippen molar-refractivity contribution in [2.45, 2.75) is 78.6 Å². The second kappa shape index (κ2) is 16.0. The Morgan fingerprint density at radius 1 is 0.886 bits per heavy atom. The maximum Gasteiger partial charge on any atom is 0.279 e. The van der Waals surface area contributed by atoms with Gasteiger partial charge in [-0.05, 0) is 56.8 Å². The van der Waals surface area contributed by atoms with Crippen molar-refractivity contribution in [3.05, 3.63) is 29.8 Å². The monoisotopic (exact) mass is 616 g/mol. The van der Waals surface area contributed by atoms with Gasteiger partial charge in [0.2, 0.25) is 23.6 Å². The van der Waals surface area contributed by atoms with Crippen molar-refractivity contribution in [3.63, 3.8) is 0 Å². The molecular formula is C32H52N6O6. The number of para-hydroxylation sites is 1. The molecule has 12 heteroatoms. The number of benzene rings is 1. The van der Waals surface area contributed by atoms with Crippen molar-refractivity contribution in [1.82, 2.24) is 25.1 Å². The molecule has 0 spiro atoms. The van der Waals surface area contributed by atoms with E-state index in [1.54, 1.807) is 31.3 Å². The predicted octanol–water partition coefficient (Wildman–Crippen LogP) is 2.46. The van der Waals surface area contributed by atoms with E-state index in [2.05, 4.69) is 10.6 Å². The molecule has 5 amide bonds. The molecular weight excluding hydrogens is 564 g/mol. The number of likely N-dealkylation sites (tertiary alicyclic amines) is 1. The van der Waals surface area contributed by atoms with Crippen molar-refractivity contribution >= 4 is 35.2 Å². The highest BCUT2D eigenvalue weighted by Gasteiger charge is 2.42. The number of anilines is 1. The number of amides is 5. The quantitative estimate of drug-likeness (QED) is 0.326. The number of nitrogens with one attached hydrogen (secondary N) is 2. The van der Waals surface area contributed by atoms with Crippen molar-refractivity contribution in [2.24, 2.45) is 17.8 Å². The SMILES string of the molecule is CON(C)C(=O)c1ccccc1NC(=O)[C@@H]1CCCN1C(=O)[C@H](C(C)C)N(C)C(=O)[C@@H](NC(=O)[C@H](C(C)C)N(C)C)C(C)C. The molecule has 1 aromatic rings. The van der Waals surface area contributed by atoms with Crippen molar-refractivity contribution in [1.29, 1.82) is 0 Å². The van der Waals surface area contributed by atoms with Gasteiger partial charge in [-0.15, -0.1) is 0 Å². The number of hydrogen-bond acceptors (Lipinski definition) is 7. The van der Waals surface area contributed by atoms with Crippen LogP contribution in [-0.2, 0) is 24.0 Å². The van der Waals surface area contributed by atoms with E-state index < -0.39 is 36.0 Å². The van der Waals surface area contributed by atoms with Crippen LogP contribution in [0.4, 0.5) is 5.69 Å². The third-order valence-corrected chi connectivity index (χ3v) is 8.15. The largest absolute Gasteiger partial charge is 0.343 e. The van der Waals surface area contributed by atoms with Crippen LogP contribution in [0.25, 0.3) is 0 Å². The van der Waals surface area contributed by atoms with Gasteiger partial charge >= 0.3 is 0 Å². The van der Waals surface area contributed by atoms with E-state index >= 15 is 0 Å². The Balaban J connectivity index is 2.29. The van der Waals surface area contributed by atoms with Gasteiger partial charge in [0.15, 0.2) is 0 Å². The summed E-state index contributed by atoms with van der Waals surface area (Å²) in [5, 5.41) is 6.84. The van der Waals surface area contributed by atoms with Gasteiger partial charge in [-0.2, -0.15) is 0 Å². The molecule has 1 heterocycles. The topological polar surface area (TPSA) is 132 Å². The van der Waals surface area contributed by atoms with Crippen LogP contribution in [0.2, 0.25) is 0 Å². The molecule has 1 aliphatic heterocycles. The molecule has 1 aromatic carbocycles. The first kappa shape index (κ1) is 36.7. The van der Waals surface area contributed by atoms with Gasteiger partial charge in [-0.1, -0.05) is 53.7 Å². The van der Waals surface area contributed by atoms with Crippen LogP contribution in [0.15, 0.2) is 24.3 Å². The van der Waals surface area contributed by atoms with E-state index in [9.17, 15) is 24.0 Å². The normalized spacial score (nSPS) is 17.1. The zero-order chi connectivity index (χ0) is 33.5. The zero-order valence-electron chi connectivity index (χ0n) is 28.2. The molecule has 2 N–H and O–H groups in total. The molecule has 0 radical (unpaired) electrons. The van der Waals surface area contributed by atoms with Gasteiger partial charge in [0.05, 0.1) is 24.4 Å². The Morgan fingerprint density at radius 3 is 2.00 bits per heavy atom. The van der Waals surface area contributed by atoms with Gasteiger partial charge in [-0.25, -0.2) is 5.06 Å². The Kier molecular flexibility index (Phi) is 13.3. The first-order valence-corrected chi connectivity index (χ1v) is 15.3. The van der Waals surface area contributed by atoms with E-state index in [4.69, 9.17) is 4.84 Å². The molecule has 246 valence electrons. The summed E-state index contributed by atoms with van der Waals surface area (Å²) < 4.78 is 0. The summed E-state index contributed by atoms with van der Waals surface area (Å²) in [6, 6.07) is 3.73. The van der Waals surface area contributed by atoms with Crippen LogP contribution in [0, 0.1) is 17.8 Å². The van der Waals surface area contributed by atoms with Gasteiger partial charge in [-0.3, -0.25) is 33.7 Å². The lowest BCUT2D eigenvalue weighted by Gasteiger charge is -2.38. The van der Waals surface area contributed by atoms with Gasteiger partial charge < -0.3 is 20.4 Å². The van der Waals surface area contributed by atoms with E-state index in [1.165, 1.54) is 24.0 Å². The maximum atomic E-state index is 14.1. The van der Waals surface area contributed by atoms with Crippen LogP contribution >= 0.6 is 0 Å². The Morgan fingerprint density at radius 2 is 1.48 bits per heavy atom. The minimum Gasteiger partial charge on any atom is -0.343 e. The molecule has 0 saturated carbocycles. The molecule has 4 atom stereocenters. The average molecular weight is 617 g/mol. The molecule has 1 saturated heterocycles. The lowest BCUT2D eigenvalue weighted by atomic mass is 9.96.